The maximum atomic E-state index is 14.4. The highest BCUT2D eigenvalue weighted by molar-refractivity contribution is 5.52. The monoisotopic (exact) mass is 363 g/mol. The smallest absolute Gasteiger partial charge is 0.247 e. The number of nitrogens with zero attached hydrogens (tertiary/aromatic N) is 2. The van der Waals surface area contributed by atoms with Gasteiger partial charge in [0, 0.05) is 16.8 Å². The van der Waals surface area contributed by atoms with Gasteiger partial charge in [-0.2, -0.15) is 0 Å². The fraction of sp³-hybridized carbons (Fsp3) is 0.0476. The third kappa shape index (κ3) is 3.69. The molecular formula is C21H15F2N3O. The summed E-state index contributed by atoms with van der Waals surface area (Å²) in [5.41, 5.74) is 1.56. The van der Waals surface area contributed by atoms with Crippen molar-refractivity contribution in [2.75, 3.05) is 5.32 Å². The number of anilines is 1. The van der Waals surface area contributed by atoms with Crippen molar-refractivity contribution in [3.8, 4) is 11.5 Å². The highest BCUT2D eigenvalue weighted by Gasteiger charge is 2.24. The molecule has 0 bridgehead atoms. The standard InChI is InChI=1S/C21H15F2N3O/c22-15-9-6-10-16(13-15)24-19(17-11-4-5-12-18(17)23)21-26-25-20(27-21)14-7-2-1-3-8-14/h1-13,19,24H/t19-/m1/s1. The molecule has 0 aliphatic rings. The summed E-state index contributed by atoms with van der Waals surface area (Å²) in [6, 6.07) is 20.7. The fourth-order valence-corrected chi connectivity index (χ4v) is 2.78. The summed E-state index contributed by atoms with van der Waals surface area (Å²) < 4.78 is 33.8. The van der Waals surface area contributed by atoms with Gasteiger partial charge in [-0.1, -0.05) is 42.5 Å². The van der Waals surface area contributed by atoms with Crippen molar-refractivity contribution in [1.82, 2.24) is 10.2 Å². The van der Waals surface area contributed by atoms with Crippen LogP contribution < -0.4 is 5.32 Å². The van der Waals surface area contributed by atoms with Crippen LogP contribution in [-0.4, -0.2) is 10.2 Å². The van der Waals surface area contributed by atoms with Gasteiger partial charge in [0.2, 0.25) is 11.8 Å². The molecule has 4 aromatic rings. The van der Waals surface area contributed by atoms with Crippen molar-refractivity contribution in [2.24, 2.45) is 0 Å². The first-order chi connectivity index (χ1) is 13.2. The summed E-state index contributed by atoms with van der Waals surface area (Å²) in [6.07, 6.45) is 0. The molecule has 0 unspecified atom stereocenters. The van der Waals surface area contributed by atoms with Crippen LogP contribution in [0.5, 0.6) is 0 Å². The van der Waals surface area contributed by atoms with Crippen molar-refractivity contribution in [3.63, 3.8) is 0 Å². The Labute approximate surface area is 154 Å². The molecule has 134 valence electrons. The van der Waals surface area contributed by atoms with Gasteiger partial charge in [-0.05, 0) is 36.4 Å². The van der Waals surface area contributed by atoms with Gasteiger partial charge in [0.1, 0.15) is 17.7 Å². The maximum absolute atomic E-state index is 14.4. The van der Waals surface area contributed by atoms with E-state index in [2.05, 4.69) is 15.5 Å². The van der Waals surface area contributed by atoms with Gasteiger partial charge in [0.05, 0.1) is 0 Å². The quantitative estimate of drug-likeness (QED) is 0.528. The predicted molar refractivity (Wildman–Crippen MR) is 98.0 cm³/mol. The van der Waals surface area contributed by atoms with Crippen LogP contribution in [0.15, 0.2) is 83.3 Å². The largest absolute Gasteiger partial charge is 0.418 e. The van der Waals surface area contributed by atoms with Crippen LogP contribution in [0.25, 0.3) is 11.5 Å². The number of halogens is 2. The van der Waals surface area contributed by atoms with E-state index in [1.165, 1.54) is 18.2 Å². The lowest BCUT2D eigenvalue weighted by atomic mass is 10.1. The Morgan fingerprint density at radius 2 is 1.59 bits per heavy atom. The molecular weight excluding hydrogens is 348 g/mol. The molecule has 1 atom stereocenters. The zero-order valence-electron chi connectivity index (χ0n) is 14.1. The number of nitrogens with one attached hydrogen (secondary N) is 1. The fourth-order valence-electron chi connectivity index (χ4n) is 2.78. The third-order valence-electron chi connectivity index (χ3n) is 4.06. The molecule has 4 nitrogen and oxygen atoms in total. The molecule has 3 aromatic carbocycles. The minimum atomic E-state index is -0.766. The first-order valence-corrected chi connectivity index (χ1v) is 8.36. The summed E-state index contributed by atoms with van der Waals surface area (Å²) >= 11 is 0. The van der Waals surface area contributed by atoms with E-state index in [1.807, 2.05) is 30.3 Å². The van der Waals surface area contributed by atoms with E-state index < -0.39 is 17.7 Å². The Morgan fingerprint density at radius 1 is 0.815 bits per heavy atom. The predicted octanol–water partition coefficient (Wildman–Crippen LogP) is 5.22. The molecule has 1 N–H and O–H groups in total. The lowest BCUT2D eigenvalue weighted by molar-refractivity contribution is 0.485. The van der Waals surface area contributed by atoms with Crippen LogP contribution in [0.4, 0.5) is 14.5 Å². The Kier molecular flexibility index (Phi) is 4.61. The lowest BCUT2D eigenvalue weighted by Gasteiger charge is -2.17. The van der Waals surface area contributed by atoms with E-state index in [-0.39, 0.29) is 5.89 Å². The number of benzene rings is 3. The average Bonchev–Trinajstić information content (AvgIpc) is 3.18. The van der Waals surface area contributed by atoms with Gasteiger partial charge >= 0.3 is 0 Å². The molecule has 0 spiro atoms. The van der Waals surface area contributed by atoms with Gasteiger partial charge in [0.25, 0.3) is 0 Å². The molecule has 0 aliphatic heterocycles. The van der Waals surface area contributed by atoms with E-state index in [0.717, 1.165) is 5.56 Å². The SMILES string of the molecule is Fc1cccc(N[C@@H](c2nnc(-c3ccccc3)o2)c2ccccc2F)c1. The topological polar surface area (TPSA) is 51.0 Å². The van der Waals surface area contributed by atoms with Crippen molar-refractivity contribution in [2.45, 2.75) is 6.04 Å². The van der Waals surface area contributed by atoms with Crippen molar-refractivity contribution in [3.05, 3.63) is 102 Å². The second kappa shape index (κ2) is 7.37. The zero-order valence-corrected chi connectivity index (χ0v) is 14.1. The molecule has 0 aliphatic carbocycles. The normalized spacial score (nSPS) is 11.9. The summed E-state index contributed by atoms with van der Waals surface area (Å²) in [5.74, 6) is -0.315. The summed E-state index contributed by atoms with van der Waals surface area (Å²) in [7, 11) is 0. The van der Waals surface area contributed by atoms with E-state index in [1.54, 1.807) is 30.3 Å². The van der Waals surface area contributed by atoms with Crippen molar-refractivity contribution >= 4 is 5.69 Å². The van der Waals surface area contributed by atoms with E-state index in [0.29, 0.717) is 17.1 Å². The Hall–Kier alpha value is -3.54. The summed E-state index contributed by atoms with van der Waals surface area (Å²) in [4.78, 5) is 0. The molecule has 1 heterocycles. The highest BCUT2D eigenvalue weighted by Crippen LogP contribution is 2.30. The minimum absolute atomic E-state index is 0.184. The Bertz CT molecular complexity index is 1050. The number of rotatable bonds is 5. The van der Waals surface area contributed by atoms with Crippen LogP contribution in [0.3, 0.4) is 0 Å². The van der Waals surface area contributed by atoms with Gasteiger partial charge < -0.3 is 9.73 Å². The van der Waals surface area contributed by atoms with Crippen LogP contribution in [0, 0.1) is 11.6 Å². The van der Waals surface area contributed by atoms with Gasteiger partial charge in [-0.3, -0.25) is 0 Å². The minimum Gasteiger partial charge on any atom is -0.418 e. The maximum Gasteiger partial charge on any atom is 0.247 e. The average molecular weight is 363 g/mol. The van der Waals surface area contributed by atoms with Crippen LogP contribution in [0.2, 0.25) is 0 Å². The van der Waals surface area contributed by atoms with Crippen LogP contribution in [-0.2, 0) is 0 Å². The highest BCUT2D eigenvalue weighted by atomic mass is 19.1. The molecule has 0 saturated carbocycles. The lowest BCUT2D eigenvalue weighted by Crippen LogP contribution is -2.14. The number of hydrogen-bond donors (Lipinski definition) is 1. The van der Waals surface area contributed by atoms with Crippen LogP contribution >= 0.6 is 0 Å². The zero-order chi connectivity index (χ0) is 18.6. The van der Waals surface area contributed by atoms with Gasteiger partial charge in [-0.15, -0.1) is 10.2 Å². The molecule has 4 rings (SSSR count). The molecule has 0 radical (unpaired) electrons. The Morgan fingerprint density at radius 3 is 2.37 bits per heavy atom. The molecule has 1 aromatic heterocycles. The Balaban J connectivity index is 1.74. The van der Waals surface area contributed by atoms with E-state index >= 15 is 0 Å². The van der Waals surface area contributed by atoms with Gasteiger partial charge in [-0.25, -0.2) is 8.78 Å². The second-order valence-electron chi connectivity index (χ2n) is 5.92. The first kappa shape index (κ1) is 16.9. The summed E-state index contributed by atoms with van der Waals surface area (Å²) in [6.45, 7) is 0. The van der Waals surface area contributed by atoms with Gasteiger partial charge in [0.15, 0.2) is 0 Å². The first-order valence-electron chi connectivity index (χ1n) is 8.36. The van der Waals surface area contributed by atoms with E-state index in [4.69, 9.17) is 4.42 Å². The van der Waals surface area contributed by atoms with Crippen molar-refractivity contribution in [1.29, 1.82) is 0 Å². The third-order valence-corrected chi connectivity index (χ3v) is 4.06. The molecule has 0 fully saturated rings. The van der Waals surface area contributed by atoms with E-state index in [9.17, 15) is 8.78 Å². The number of aromatic nitrogens is 2. The summed E-state index contributed by atoms with van der Waals surface area (Å²) in [5, 5.41) is 11.2. The molecule has 0 amide bonds. The molecule has 0 saturated heterocycles. The van der Waals surface area contributed by atoms with Crippen molar-refractivity contribution < 1.29 is 13.2 Å². The molecule has 6 heteroatoms. The number of hydrogen-bond acceptors (Lipinski definition) is 4. The second-order valence-corrected chi connectivity index (χ2v) is 5.92. The van der Waals surface area contributed by atoms with Crippen LogP contribution in [0.1, 0.15) is 17.5 Å². The molecule has 27 heavy (non-hydrogen) atoms.